The summed E-state index contributed by atoms with van der Waals surface area (Å²) >= 11 is 0. The van der Waals surface area contributed by atoms with Crippen LogP contribution in [0.3, 0.4) is 0 Å². The van der Waals surface area contributed by atoms with Gasteiger partial charge in [0.1, 0.15) is 0 Å². The Morgan fingerprint density at radius 1 is 1.39 bits per heavy atom. The first-order valence-corrected chi connectivity index (χ1v) is 6.86. The van der Waals surface area contributed by atoms with Gasteiger partial charge in [-0.25, -0.2) is 0 Å². The van der Waals surface area contributed by atoms with Crippen molar-refractivity contribution in [3.8, 4) is 0 Å². The fraction of sp³-hybridized carbons (Fsp3) is 0.929. The first-order chi connectivity index (χ1) is 8.24. The zero-order valence-corrected chi connectivity index (χ0v) is 12.4. The van der Waals surface area contributed by atoms with Crippen molar-refractivity contribution >= 4 is 5.97 Å². The SMILES string of the molecule is CC1CN(CCCC(C)(C)C(=O)O)CC1N(C)C. The highest BCUT2D eigenvalue weighted by atomic mass is 16.4. The normalized spacial score (nSPS) is 25.9. The Labute approximate surface area is 111 Å². The van der Waals surface area contributed by atoms with Gasteiger partial charge in [-0.2, -0.15) is 0 Å². The van der Waals surface area contributed by atoms with Crippen LogP contribution in [0, 0.1) is 11.3 Å². The minimum Gasteiger partial charge on any atom is -0.481 e. The van der Waals surface area contributed by atoms with Crippen molar-refractivity contribution < 1.29 is 9.90 Å². The number of hydrogen-bond donors (Lipinski definition) is 1. The van der Waals surface area contributed by atoms with Crippen molar-refractivity contribution in [2.45, 2.75) is 39.7 Å². The second-order valence-electron chi connectivity index (χ2n) is 6.56. The molecule has 0 aromatic heterocycles. The fourth-order valence-electron chi connectivity index (χ4n) is 2.75. The molecule has 1 saturated heterocycles. The Hall–Kier alpha value is -0.610. The maximum atomic E-state index is 11.0. The Morgan fingerprint density at radius 3 is 2.44 bits per heavy atom. The maximum absolute atomic E-state index is 11.0. The monoisotopic (exact) mass is 256 g/mol. The van der Waals surface area contributed by atoms with Crippen LogP contribution in [0.25, 0.3) is 0 Å². The van der Waals surface area contributed by atoms with Gasteiger partial charge in [-0.15, -0.1) is 0 Å². The quantitative estimate of drug-likeness (QED) is 0.786. The molecule has 106 valence electrons. The fourth-order valence-corrected chi connectivity index (χ4v) is 2.75. The third-order valence-electron chi connectivity index (χ3n) is 4.17. The molecular weight excluding hydrogens is 228 g/mol. The zero-order valence-electron chi connectivity index (χ0n) is 12.4. The molecule has 0 spiro atoms. The van der Waals surface area contributed by atoms with Gasteiger partial charge in [0.25, 0.3) is 0 Å². The summed E-state index contributed by atoms with van der Waals surface area (Å²) in [5.41, 5.74) is -0.591. The highest BCUT2D eigenvalue weighted by molar-refractivity contribution is 5.73. The molecule has 0 bridgehead atoms. The Kier molecular flexibility index (Phi) is 5.17. The number of likely N-dealkylation sites (N-methyl/N-ethyl adjacent to an activating group) is 1. The van der Waals surface area contributed by atoms with Gasteiger partial charge >= 0.3 is 5.97 Å². The van der Waals surface area contributed by atoms with E-state index in [0.717, 1.165) is 32.5 Å². The van der Waals surface area contributed by atoms with Crippen LogP contribution in [0.2, 0.25) is 0 Å². The van der Waals surface area contributed by atoms with Gasteiger partial charge in [0.05, 0.1) is 5.41 Å². The molecule has 0 aromatic rings. The van der Waals surface area contributed by atoms with E-state index in [9.17, 15) is 4.79 Å². The van der Waals surface area contributed by atoms with E-state index in [2.05, 4.69) is 30.8 Å². The topological polar surface area (TPSA) is 43.8 Å². The van der Waals surface area contributed by atoms with Gasteiger partial charge in [0.2, 0.25) is 0 Å². The molecule has 0 aromatic carbocycles. The number of hydrogen-bond acceptors (Lipinski definition) is 3. The molecule has 4 heteroatoms. The van der Waals surface area contributed by atoms with Crippen LogP contribution in [0.15, 0.2) is 0 Å². The number of carbonyl (C=O) groups is 1. The minimum absolute atomic E-state index is 0.591. The van der Waals surface area contributed by atoms with Crippen molar-refractivity contribution in [3.63, 3.8) is 0 Å². The molecule has 2 unspecified atom stereocenters. The molecule has 1 aliphatic rings. The molecule has 2 atom stereocenters. The van der Waals surface area contributed by atoms with E-state index in [1.807, 2.05) is 13.8 Å². The highest BCUT2D eigenvalue weighted by Crippen LogP contribution is 2.24. The van der Waals surface area contributed by atoms with E-state index >= 15 is 0 Å². The van der Waals surface area contributed by atoms with E-state index in [0.29, 0.717) is 12.0 Å². The molecule has 0 saturated carbocycles. The largest absolute Gasteiger partial charge is 0.481 e. The van der Waals surface area contributed by atoms with E-state index in [4.69, 9.17) is 5.11 Å². The maximum Gasteiger partial charge on any atom is 0.309 e. The predicted molar refractivity (Wildman–Crippen MR) is 73.7 cm³/mol. The van der Waals surface area contributed by atoms with Crippen LogP contribution in [-0.2, 0) is 4.79 Å². The van der Waals surface area contributed by atoms with Gasteiger partial charge in [0.15, 0.2) is 0 Å². The first-order valence-electron chi connectivity index (χ1n) is 6.86. The number of likely N-dealkylation sites (tertiary alicyclic amines) is 1. The number of carboxylic acid groups (broad SMARTS) is 1. The van der Waals surface area contributed by atoms with Crippen LogP contribution in [0.5, 0.6) is 0 Å². The van der Waals surface area contributed by atoms with E-state index in [1.165, 1.54) is 0 Å². The highest BCUT2D eigenvalue weighted by Gasteiger charge is 2.31. The molecule has 4 nitrogen and oxygen atoms in total. The first kappa shape index (κ1) is 15.4. The van der Waals surface area contributed by atoms with Gasteiger partial charge in [-0.05, 0) is 53.2 Å². The zero-order chi connectivity index (χ0) is 13.9. The standard InChI is InChI=1S/C14H28N2O2/c1-11-9-16(10-12(11)15(4)5)8-6-7-14(2,3)13(17)18/h11-12H,6-10H2,1-5H3,(H,17,18). The molecule has 1 rings (SSSR count). The molecule has 1 heterocycles. The van der Waals surface area contributed by atoms with Gasteiger partial charge in [-0.1, -0.05) is 6.92 Å². The second kappa shape index (κ2) is 6.02. The molecule has 1 aliphatic heterocycles. The number of carboxylic acids is 1. The van der Waals surface area contributed by atoms with Crippen LogP contribution in [0.4, 0.5) is 0 Å². The third kappa shape index (κ3) is 3.95. The lowest BCUT2D eigenvalue weighted by Crippen LogP contribution is -2.34. The molecule has 1 fully saturated rings. The minimum atomic E-state index is -0.691. The van der Waals surface area contributed by atoms with Gasteiger partial charge in [0, 0.05) is 19.1 Å². The third-order valence-corrected chi connectivity index (χ3v) is 4.17. The predicted octanol–water partition coefficient (Wildman–Crippen LogP) is 1.76. The van der Waals surface area contributed by atoms with Crippen LogP contribution in [-0.4, -0.2) is 60.6 Å². The summed E-state index contributed by atoms with van der Waals surface area (Å²) in [6.07, 6.45) is 1.71. The molecule has 0 amide bonds. The summed E-state index contributed by atoms with van der Waals surface area (Å²) in [6, 6.07) is 0.637. The van der Waals surface area contributed by atoms with Crippen LogP contribution >= 0.6 is 0 Å². The van der Waals surface area contributed by atoms with Crippen LogP contribution < -0.4 is 0 Å². The second-order valence-corrected chi connectivity index (χ2v) is 6.56. The van der Waals surface area contributed by atoms with E-state index < -0.39 is 11.4 Å². The lowest BCUT2D eigenvalue weighted by molar-refractivity contribution is -0.147. The average molecular weight is 256 g/mol. The number of aliphatic carboxylic acids is 1. The summed E-state index contributed by atoms with van der Waals surface area (Å²) in [7, 11) is 4.27. The molecule has 0 radical (unpaired) electrons. The smallest absolute Gasteiger partial charge is 0.309 e. The summed E-state index contributed by atoms with van der Waals surface area (Å²) in [5, 5.41) is 9.07. The molecular formula is C14H28N2O2. The summed E-state index contributed by atoms with van der Waals surface area (Å²) in [4.78, 5) is 15.8. The van der Waals surface area contributed by atoms with Gasteiger partial charge in [-0.3, -0.25) is 4.79 Å². The summed E-state index contributed by atoms with van der Waals surface area (Å²) in [6.45, 7) is 9.18. The molecule has 1 N–H and O–H groups in total. The lowest BCUT2D eigenvalue weighted by atomic mass is 9.88. The van der Waals surface area contributed by atoms with Crippen molar-refractivity contribution in [1.29, 1.82) is 0 Å². The lowest BCUT2D eigenvalue weighted by Gasteiger charge is -2.23. The number of nitrogens with zero attached hydrogens (tertiary/aromatic N) is 2. The van der Waals surface area contributed by atoms with Gasteiger partial charge < -0.3 is 14.9 Å². The number of rotatable bonds is 6. The summed E-state index contributed by atoms with van der Waals surface area (Å²) in [5.74, 6) is 0.0101. The van der Waals surface area contributed by atoms with Crippen molar-refractivity contribution in [3.05, 3.63) is 0 Å². The molecule has 0 aliphatic carbocycles. The Balaban J connectivity index is 2.32. The summed E-state index contributed by atoms with van der Waals surface area (Å²) < 4.78 is 0. The molecule has 18 heavy (non-hydrogen) atoms. The van der Waals surface area contributed by atoms with E-state index in [1.54, 1.807) is 0 Å². The van der Waals surface area contributed by atoms with Crippen molar-refractivity contribution in [1.82, 2.24) is 9.80 Å². The Morgan fingerprint density at radius 2 is 2.00 bits per heavy atom. The van der Waals surface area contributed by atoms with E-state index in [-0.39, 0.29) is 0 Å². The van der Waals surface area contributed by atoms with Crippen LogP contribution in [0.1, 0.15) is 33.6 Å². The van der Waals surface area contributed by atoms with Crippen molar-refractivity contribution in [2.24, 2.45) is 11.3 Å². The average Bonchev–Trinajstić information content (AvgIpc) is 2.59. The van der Waals surface area contributed by atoms with Crippen molar-refractivity contribution in [2.75, 3.05) is 33.7 Å². The Bertz CT molecular complexity index is 290.